The standard InChI is InChI=1S/C21H31N3O3/c1-2-7-20(25)23-16-9-10-19(24-11-4-3-5-12-24)18(14-16)21(26)22-15-17-8-6-13-27-17/h9-10,14,17H,2-8,11-13,15H2,1H3,(H,22,26)(H,23,25)/t17-/m0/s1. The smallest absolute Gasteiger partial charge is 0.253 e. The van der Waals surface area contributed by atoms with E-state index in [4.69, 9.17) is 4.74 Å². The summed E-state index contributed by atoms with van der Waals surface area (Å²) in [5.41, 5.74) is 2.26. The zero-order chi connectivity index (χ0) is 19.1. The Morgan fingerprint density at radius 3 is 2.70 bits per heavy atom. The number of piperidine rings is 1. The summed E-state index contributed by atoms with van der Waals surface area (Å²) in [6, 6.07) is 5.67. The maximum Gasteiger partial charge on any atom is 0.253 e. The van der Waals surface area contributed by atoms with Crippen LogP contribution in [0, 0.1) is 0 Å². The lowest BCUT2D eigenvalue weighted by Gasteiger charge is -2.30. The van der Waals surface area contributed by atoms with Crippen LogP contribution in [-0.4, -0.2) is 44.2 Å². The highest BCUT2D eigenvalue weighted by atomic mass is 16.5. The highest BCUT2D eigenvalue weighted by Crippen LogP contribution is 2.27. The molecule has 0 saturated carbocycles. The molecule has 2 saturated heterocycles. The van der Waals surface area contributed by atoms with Gasteiger partial charge in [0.15, 0.2) is 0 Å². The Morgan fingerprint density at radius 2 is 2.00 bits per heavy atom. The van der Waals surface area contributed by atoms with Crippen LogP contribution in [0.15, 0.2) is 18.2 Å². The summed E-state index contributed by atoms with van der Waals surface area (Å²) in [5, 5.41) is 5.93. The predicted octanol–water partition coefficient (Wildman–Crippen LogP) is 3.32. The minimum Gasteiger partial charge on any atom is -0.376 e. The number of anilines is 2. The second-order valence-corrected chi connectivity index (χ2v) is 7.42. The molecule has 0 spiro atoms. The van der Waals surface area contributed by atoms with E-state index in [1.165, 1.54) is 6.42 Å². The molecule has 1 atom stereocenters. The molecular weight excluding hydrogens is 342 g/mol. The number of ether oxygens (including phenoxy) is 1. The van der Waals surface area contributed by atoms with Gasteiger partial charge < -0.3 is 20.3 Å². The molecule has 1 aromatic carbocycles. The number of nitrogens with one attached hydrogen (secondary N) is 2. The van der Waals surface area contributed by atoms with Crippen LogP contribution in [0.3, 0.4) is 0 Å². The number of amides is 2. The molecule has 0 unspecified atom stereocenters. The van der Waals surface area contributed by atoms with Gasteiger partial charge in [-0.05, 0) is 56.7 Å². The molecule has 0 aliphatic carbocycles. The van der Waals surface area contributed by atoms with Gasteiger partial charge in [-0.2, -0.15) is 0 Å². The molecule has 2 N–H and O–H groups in total. The summed E-state index contributed by atoms with van der Waals surface area (Å²) < 4.78 is 5.61. The first-order chi connectivity index (χ1) is 13.2. The van der Waals surface area contributed by atoms with Crippen molar-refractivity contribution in [3.05, 3.63) is 23.8 Å². The van der Waals surface area contributed by atoms with Gasteiger partial charge in [0.05, 0.1) is 11.7 Å². The zero-order valence-corrected chi connectivity index (χ0v) is 16.3. The summed E-state index contributed by atoms with van der Waals surface area (Å²) >= 11 is 0. The molecule has 148 valence electrons. The monoisotopic (exact) mass is 373 g/mol. The topological polar surface area (TPSA) is 70.7 Å². The molecule has 27 heavy (non-hydrogen) atoms. The zero-order valence-electron chi connectivity index (χ0n) is 16.3. The van der Waals surface area contributed by atoms with Gasteiger partial charge in [-0.25, -0.2) is 0 Å². The van der Waals surface area contributed by atoms with Gasteiger partial charge in [0.25, 0.3) is 5.91 Å². The molecule has 1 aromatic rings. The summed E-state index contributed by atoms with van der Waals surface area (Å²) in [7, 11) is 0. The molecule has 6 heteroatoms. The number of rotatable bonds is 7. The van der Waals surface area contributed by atoms with E-state index in [0.29, 0.717) is 24.2 Å². The van der Waals surface area contributed by atoms with Crippen molar-refractivity contribution in [3.63, 3.8) is 0 Å². The van der Waals surface area contributed by atoms with Gasteiger partial charge in [-0.15, -0.1) is 0 Å². The van der Waals surface area contributed by atoms with Gasteiger partial charge in [0.1, 0.15) is 0 Å². The lowest BCUT2D eigenvalue weighted by atomic mass is 10.1. The number of nitrogens with zero attached hydrogens (tertiary/aromatic N) is 1. The number of hydrogen-bond donors (Lipinski definition) is 2. The molecule has 2 aliphatic heterocycles. The lowest BCUT2D eigenvalue weighted by molar-refractivity contribution is -0.116. The van der Waals surface area contributed by atoms with Gasteiger partial charge >= 0.3 is 0 Å². The fourth-order valence-electron chi connectivity index (χ4n) is 3.76. The van der Waals surface area contributed by atoms with Crippen LogP contribution in [0.5, 0.6) is 0 Å². The third-order valence-electron chi connectivity index (χ3n) is 5.21. The van der Waals surface area contributed by atoms with Crippen molar-refractivity contribution in [2.75, 3.05) is 36.5 Å². The summed E-state index contributed by atoms with van der Waals surface area (Å²) in [6.45, 7) is 5.22. The molecule has 2 heterocycles. The van der Waals surface area contributed by atoms with Gasteiger partial charge in [0, 0.05) is 44.0 Å². The second kappa shape index (κ2) is 9.74. The molecule has 0 aromatic heterocycles. The van der Waals surface area contributed by atoms with Crippen molar-refractivity contribution in [1.82, 2.24) is 5.32 Å². The second-order valence-electron chi connectivity index (χ2n) is 7.42. The predicted molar refractivity (Wildman–Crippen MR) is 107 cm³/mol. The van der Waals surface area contributed by atoms with Crippen LogP contribution in [0.2, 0.25) is 0 Å². The molecule has 2 amide bonds. The van der Waals surface area contributed by atoms with Gasteiger partial charge in [0.2, 0.25) is 5.91 Å². The first-order valence-electron chi connectivity index (χ1n) is 10.3. The van der Waals surface area contributed by atoms with E-state index < -0.39 is 0 Å². The van der Waals surface area contributed by atoms with Crippen LogP contribution >= 0.6 is 0 Å². The van der Waals surface area contributed by atoms with Crippen LogP contribution in [-0.2, 0) is 9.53 Å². The van der Waals surface area contributed by atoms with Crippen molar-refractivity contribution < 1.29 is 14.3 Å². The third kappa shape index (κ3) is 5.45. The Hall–Kier alpha value is -2.08. The minimum atomic E-state index is -0.0994. The fraction of sp³-hybridized carbons (Fsp3) is 0.619. The maximum atomic E-state index is 12.9. The first-order valence-corrected chi connectivity index (χ1v) is 10.3. The number of benzene rings is 1. The SMILES string of the molecule is CCCC(=O)Nc1ccc(N2CCCCC2)c(C(=O)NC[C@@H]2CCCO2)c1. The minimum absolute atomic E-state index is 0.0195. The van der Waals surface area contributed by atoms with Crippen molar-refractivity contribution in [1.29, 1.82) is 0 Å². The Morgan fingerprint density at radius 1 is 1.19 bits per heavy atom. The molecule has 0 bridgehead atoms. The first kappa shape index (κ1) is 19.7. The van der Waals surface area contributed by atoms with Crippen molar-refractivity contribution >= 4 is 23.2 Å². The summed E-state index contributed by atoms with van der Waals surface area (Å²) in [4.78, 5) is 27.1. The molecule has 0 radical (unpaired) electrons. The molecular formula is C21H31N3O3. The Labute approximate surface area is 161 Å². The van der Waals surface area contributed by atoms with Crippen molar-refractivity contribution in [3.8, 4) is 0 Å². The molecule has 6 nitrogen and oxygen atoms in total. The highest BCUT2D eigenvalue weighted by molar-refractivity contribution is 6.02. The normalized spacial score (nSPS) is 19.7. The van der Waals surface area contributed by atoms with Crippen LogP contribution in [0.1, 0.15) is 62.2 Å². The van der Waals surface area contributed by atoms with Crippen LogP contribution < -0.4 is 15.5 Å². The maximum absolute atomic E-state index is 12.9. The molecule has 3 rings (SSSR count). The summed E-state index contributed by atoms with van der Waals surface area (Å²) in [5.74, 6) is -0.119. The Bertz CT molecular complexity index is 650. The van der Waals surface area contributed by atoms with E-state index in [1.807, 2.05) is 25.1 Å². The largest absolute Gasteiger partial charge is 0.376 e. The average Bonchev–Trinajstić information content (AvgIpc) is 3.20. The van der Waals surface area contributed by atoms with E-state index in [9.17, 15) is 9.59 Å². The summed E-state index contributed by atoms with van der Waals surface area (Å²) in [6.07, 6.45) is 6.96. The lowest BCUT2D eigenvalue weighted by Crippen LogP contribution is -2.35. The quantitative estimate of drug-likeness (QED) is 0.769. The van der Waals surface area contributed by atoms with Gasteiger partial charge in [-0.1, -0.05) is 6.92 Å². The Kier molecular flexibility index (Phi) is 7.10. The highest BCUT2D eigenvalue weighted by Gasteiger charge is 2.21. The van der Waals surface area contributed by atoms with E-state index >= 15 is 0 Å². The van der Waals surface area contributed by atoms with Crippen LogP contribution in [0.25, 0.3) is 0 Å². The van der Waals surface area contributed by atoms with Gasteiger partial charge in [-0.3, -0.25) is 9.59 Å². The van der Waals surface area contributed by atoms with E-state index in [2.05, 4.69) is 15.5 Å². The average molecular weight is 373 g/mol. The number of carbonyl (C=O) groups is 2. The number of hydrogen-bond acceptors (Lipinski definition) is 4. The van der Waals surface area contributed by atoms with Crippen molar-refractivity contribution in [2.24, 2.45) is 0 Å². The molecule has 2 aliphatic rings. The van der Waals surface area contributed by atoms with E-state index in [0.717, 1.165) is 57.5 Å². The Balaban J connectivity index is 1.76. The fourth-order valence-corrected chi connectivity index (χ4v) is 3.76. The van der Waals surface area contributed by atoms with Crippen molar-refractivity contribution in [2.45, 2.75) is 58.0 Å². The third-order valence-corrected chi connectivity index (χ3v) is 5.21. The van der Waals surface area contributed by atoms with Crippen LogP contribution in [0.4, 0.5) is 11.4 Å². The molecule has 2 fully saturated rings. The van der Waals surface area contributed by atoms with E-state index in [-0.39, 0.29) is 17.9 Å². The van der Waals surface area contributed by atoms with E-state index in [1.54, 1.807) is 0 Å². The number of carbonyl (C=O) groups excluding carboxylic acids is 2.